The number of hydrogen-bond acceptors (Lipinski definition) is 5. The molecule has 2 heterocycles. The Morgan fingerprint density at radius 1 is 1.50 bits per heavy atom. The molecular formula is C11H19N3O2S2. The number of nitrogen functional groups attached to an aromatic ring is 1. The number of thiophene rings is 1. The monoisotopic (exact) mass is 289 g/mol. The van der Waals surface area contributed by atoms with Crippen LogP contribution < -0.4 is 5.73 Å². The van der Waals surface area contributed by atoms with Crippen molar-refractivity contribution < 1.29 is 8.42 Å². The quantitative estimate of drug-likeness (QED) is 0.903. The maximum atomic E-state index is 12.4. The van der Waals surface area contributed by atoms with E-state index in [-0.39, 0.29) is 0 Å². The van der Waals surface area contributed by atoms with Gasteiger partial charge in [0.25, 0.3) is 10.0 Å². The smallest absolute Gasteiger partial charge is 0.252 e. The molecule has 1 unspecified atom stereocenters. The van der Waals surface area contributed by atoms with Crippen molar-refractivity contribution in [1.82, 2.24) is 9.21 Å². The van der Waals surface area contributed by atoms with Crippen LogP contribution in [0.5, 0.6) is 0 Å². The molecule has 1 aliphatic heterocycles. The first-order valence-electron chi connectivity index (χ1n) is 5.99. The first kappa shape index (κ1) is 13.8. The van der Waals surface area contributed by atoms with Crippen LogP contribution >= 0.6 is 11.3 Å². The molecule has 1 aliphatic rings. The van der Waals surface area contributed by atoms with Gasteiger partial charge in [-0.15, -0.1) is 11.3 Å². The van der Waals surface area contributed by atoms with Crippen LogP contribution in [0.3, 0.4) is 0 Å². The molecule has 7 heteroatoms. The number of nitrogens with zero attached hydrogens (tertiary/aromatic N) is 2. The summed E-state index contributed by atoms with van der Waals surface area (Å²) < 4.78 is 26.8. The highest BCUT2D eigenvalue weighted by atomic mass is 32.2. The van der Waals surface area contributed by atoms with Gasteiger partial charge in [0.2, 0.25) is 0 Å². The molecule has 1 atom stereocenters. The van der Waals surface area contributed by atoms with Crippen molar-refractivity contribution in [3.63, 3.8) is 0 Å². The average Bonchev–Trinajstić information content (AvgIpc) is 2.77. The van der Waals surface area contributed by atoms with Crippen LogP contribution in [-0.4, -0.2) is 50.3 Å². The number of piperazine rings is 1. The highest BCUT2D eigenvalue weighted by Crippen LogP contribution is 2.26. The molecular weight excluding hydrogens is 270 g/mol. The van der Waals surface area contributed by atoms with Crippen molar-refractivity contribution in [2.75, 3.05) is 32.4 Å². The molecule has 1 aromatic rings. The highest BCUT2D eigenvalue weighted by molar-refractivity contribution is 7.91. The van der Waals surface area contributed by atoms with Crippen LogP contribution in [0, 0.1) is 0 Å². The lowest BCUT2D eigenvalue weighted by Crippen LogP contribution is -2.52. The third-order valence-electron chi connectivity index (χ3n) is 3.40. The molecule has 0 radical (unpaired) electrons. The zero-order chi connectivity index (χ0) is 13.3. The Morgan fingerprint density at radius 3 is 2.78 bits per heavy atom. The Labute approximate surface area is 112 Å². The van der Waals surface area contributed by atoms with Gasteiger partial charge in [0.1, 0.15) is 4.21 Å². The summed E-state index contributed by atoms with van der Waals surface area (Å²) in [5, 5.41) is 1.67. The van der Waals surface area contributed by atoms with Gasteiger partial charge in [-0.05, 0) is 19.5 Å². The summed E-state index contributed by atoms with van der Waals surface area (Å²) in [5.74, 6) is 0. The normalized spacial score (nSPS) is 23.3. The van der Waals surface area contributed by atoms with Gasteiger partial charge in [-0.1, -0.05) is 6.92 Å². The van der Waals surface area contributed by atoms with Crippen molar-refractivity contribution in [2.45, 2.75) is 23.6 Å². The zero-order valence-corrected chi connectivity index (χ0v) is 12.3. The van der Waals surface area contributed by atoms with Gasteiger partial charge in [-0.3, -0.25) is 0 Å². The molecule has 5 nitrogen and oxygen atoms in total. The predicted molar refractivity (Wildman–Crippen MR) is 74.2 cm³/mol. The molecule has 0 spiro atoms. The fourth-order valence-corrected chi connectivity index (χ4v) is 4.87. The van der Waals surface area contributed by atoms with Gasteiger partial charge in [0, 0.05) is 36.7 Å². The van der Waals surface area contributed by atoms with Gasteiger partial charge >= 0.3 is 0 Å². The van der Waals surface area contributed by atoms with E-state index in [0.29, 0.717) is 29.0 Å². The second kappa shape index (κ2) is 5.16. The first-order valence-corrected chi connectivity index (χ1v) is 8.31. The van der Waals surface area contributed by atoms with Crippen molar-refractivity contribution >= 4 is 27.0 Å². The van der Waals surface area contributed by atoms with E-state index in [1.54, 1.807) is 15.8 Å². The van der Waals surface area contributed by atoms with Gasteiger partial charge in [-0.25, -0.2) is 8.42 Å². The fraction of sp³-hybridized carbons (Fsp3) is 0.636. The lowest BCUT2D eigenvalue weighted by Gasteiger charge is -2.38. The molecule has 18 heavy (non-hydrogen) atoms. The summed E-state index contributed by atoms with van der Waals surface area (Å²) in [6, 6.07) is 1.84. The van der Waals surface area contributed by atoms with Crippen LogP contribution in [0.15, 0.2) is 15.7 Å². The third-order valence-corrected chi connectivity index (χ3v) is 6.70. The standard InChI is InChI=1S/C11H19N3O2S2/c1-3-10-7-14(5-4-13(10)2)18(15,16)11-6-9(12)8-17-11/h6,8,10H,3-5,7,12H2,1-2H3. The lowest BCUT2D eigenvalue weighted by atomic mass is 10.1. The van der Waals surface area contributed by atoms with Gasteiger partial charge in [-0.2, -0.15) is 4.31 Å². The maximum absolute atomic E-state index is 12.4. The Bertz CT molecular complexity index is 512. The van der Waals surface area contributed by atoms with Gasteiger partial charge in [0.15, 0.2) is 0 Å². The number of likely N-dealkylation sites (N-methyl/N-ethyl adjacent to an activating group) is 1. The molecule has 1 fully saturated rings. The summed E-state index contributed by atoms with van der Waals surface area (Å²) >= 11 is 1.19. The Hall–Kier alpha value is -0.630. The molecule has 0 aromatic carbocycles. The Balaban J connectivity index is 2.21. The Morgan fingerprint density at radius 2 is 2.22 bits per heavy atom. The largest absolute Gasteiger partial charge is 0.398 e. The van der Waals surface area contributed by atoms with Crippen molar-refractivity contribution in [2.24, 2.45) is 0 Å². The lowest BCUT2D eigenvalue weighted by molar-refractivity contribution is 0.144. The molecule has 102 valence electrons. The second-order valence-corrected chi connectivity index (χ2v) is 7.68. The third kappa shape index (κ3) is 2.54. The number of hydrogen-bond donors (Lipinski definition) is 1. The molecule has 2 N–H and O–H groups in total. The SMILES string of the molecule is CCC1CN(S(=O)(=O)c2cc(N)cs2)CCN1C. The van der Waals surface area contributed by atoms with E-state index in [4.69, 9.17) is 5.73 Å². The van der Waals surface area contributed by atoms with Gasteiger partial charge in [0.05, 0.1) is 0 Å². The summed E-state index contributed by atoms with van der Waals surface area (Å²) in [5.41, 5.74) is 6.11. The van der Waals surface area contributed by atoms with E-state index in [1.165, 1.54) is 11.3 Å². The fourth-order valence-electron chi connectivity index (χ4n) is 2.17. The molecule has 1 aromatic heterocycles. The number of sulfonamides is 1. The Kier molecular flexibility index (Phi) is 3.96. The minimum atomic E-state index is -3.36. The van der Waals surface area contributed by atoms with Crippen LogP contribution in [0.2, 0.25) is 0 Å². The van der Waals surface area contributed by atoms with Crippen LogP contribution in [0.25, 0.3) is 0 Å². The van der Waals surface area contributed by atoms with Crippen LogP contribution in [0.1, 0.15) is 13.3 Å². The molecule has 0 bridgehead atoms. The predicted octanol–water partition coefficient (Wildman–Crippen LogP) is 1.05. The van der Waals surface area contributed by atoms with E-state index < -0.39 is 10.0 Å². The molecule has 1 saturated heterocycles. The highest BCUT2D eigenvalue weighted by Gasteiger charge is 2.32. The van der Waals surface area contributed by atoms with Gasteiger partial charge < -0.3 is 10.6 Å². The molecule has 0 amide bonds. The number of rotatable bonds is 3. The van der Waals surface area contributed by atoms with E-state index in [0.717, 1.165) is 13.0 Å². The minimum absolute atomic E-state index is 0.297. The maximum Gasteiger partial charge on any atom is 0.252 e. The first-order chi connectivity index (χ1) is 8.45. The average molecular weight is 289 g/mol. The van der Waals surface area contributed by atoms with E-state index in [2.05, 4.69) is 11.8 Å². The van der Waals surface area contributed by atoms with Crippen molar-refractivity contribution in [3.8, 4) is 0 Å². The van der Waals surface area contributed by atoms with E-state index >= 15 is 0 Å². The topological polar surface area (TPSA) is 66.6 Å². The van der Waals surface area contributed by atoms with Crippen LogP contribution in [0.4, 0.5) is 5.69 Å². The molecule has 0 aliphatic carbocycles. The van der Waals surface area contributed by atoms with Crippen molar-refractivity contribution in [3.05, 3.63) is 11.4 Å². The van der Waals surface area contributed by atoms with E-state index in [1.807, 2.05) is 7.05 Å². The van der Waals surface area contributed by atoms with Crippen LogP contribution in [-0.2, 0) is 10.0 Å². The molecule has 0 saturated carbocycles. The summed E-state index contributed by atoms with van der Waals surface area (Å²) in [6.45, 7) is 3.97. The summed E-state index contributed by atoms with van der Waals surface area (Å²) in [4.78, 5) is 2.22. The second-order valence-electron chi connectivity index (χ2n) is 4.60. The minimum Gasteiger partial charge on any atom is -0.398 e. The van der Waals surface area contributed by atoms with Crippen molar-refractivity contribution in [1.29, 1.82) is 0 Å². The van der Waals surface area contributed by atoms with E-state index in [9.17, 15) is 8.42 Å². The number of nitrogens with two attached hydrogens (primary N) is 1. The molecule has 2 rings (SSSR count). The summed E-state index contributed by atoms with van der Waals surface area (Å²) in [6.07, 6.45) is 0.953. The summed E-state index contributed by atoms with van der Waals surface area (Å²) in [7, 11) is -1.32. The number of anilines is 1. The zero-order valence-electron chi connectivity index (χ0n) is 10.7.